The van der Waals surface area contributed by atoms with E-state index in [1.54, 1.807) is 24.3 Å². The van der Waals surface area contributed by atoms with Crippen LogP contribution in [-0.2, 0) is 6.18 Å². The molecule has 2 aromatic carbocycles. The molecular weight excluding hydrogens is 375 g/mol. The topological polar surface area (TPSA) is 77.2 Å². The van der Waals surface area contributed by atoms with E-state index in [1.165, 1.54) is 24.3 Å². The lowest BCUT2D eigenvalue weighted by Gasteiger charge is -2.11. The van der Waals surface area contributed by atoms with Gasteiger partial charge in [-0.3, -0.25) is 4.79 Å². The number of nitrogens with zero attached hydrogens (tertiary/aromatic N) is 2. The molecule has 0 spiro atoms. The lowest BCUT2D eigenvalue weighted by molar-refractivity contribution is -0.159. The van der Waals surface area contributed by atoms with E-state index in [0.29, 0.717) is 22.6 Å². The zero-order valence-corrected chi connectivity index (χ0v) is 14.9. The molecule has 1 N–H and O–H groups in total. The molecule has 1 aromatic heterocycles. The molecule has 0 fully saturated rings. The van der Waals surface area contributed by atoms with E-state index in [-0.39, 0.29) is 17.8 Å². The van der Waals surface area contributed by atoms with Gasteiger partial charge in [0.15, 0.2) is 0 Å². The Labute approximate surface area is 158 Å². The van der Waals surface area contributed by atoms with Crippen molar-refractivity contribution < 1.29 is 27.2 Å². The van der Waals surface area contributed by atoms with Crippen LogP contribution in [0.3, 0.4) is 0 Å². The highest BCUT2D eigenvalue weighted by Gasteiger charge is 2.38. The van der Waals surface area contributed by atoms with Gasteiger partial charge >= 0.3 is 12.1 Å². The van der Waals surface area contributed by atoms with Crippen molar-refractivity contribution in [2.45, 2.75) is 26.1 Å². The van der Waals surface area contributed by atoms with Crippen LogP contribution in [0.2, 0.25) is 0 Å². The van der Waals surface area contributed by atoms with E-state index in [9.17, 15) is 18.0 Å². The van der Waals surface area contributed by atoms with Crippen LogP contribution >= 0.6 is 0 Å². The fraction of sp³-hybridized carbons (Fsp3) is 0.211. The average molecular weight is 391 g/mol. The van der Waals surface area contributed by atoms with Crippen LogP contribution in [0.5, 0.6) is 5.75 Å². The third-order valence-electron chi connectivity index (χ3n) is 3.54. The number of halogens is 3. The maximum absolute atomic E-state index is 12.5. The third kappa shape index (κ3) is 4.67. The van der Waals surface area contributed by atoms with Crippen molar-refractivity contribution in [3.8, 4) is 17.1 Å². The quantitative estimate of drug-likeness (QED) is 0.676. The summed E-state index contributed by atoms with van der Waals surface area (Å²) >= 11 is 0. The lowest BCUT2D eigenvalue weighted by atomic mass is 10.1. The second kappa shape index (κ2) is 7.71. The van der Waals surface area contributed by atoms with Gasteiger partial charge in [-0.05, 0) is 38.1 Å². The number of ether oxygens (including phenoxy) is 1. The van der Waals surface area contributed by atoms with Gasteiger partial charge in [-0.1, -0.05) is 23.4 Å². The maximum atomic E-state index is 12.5. The van der Waals surface area contributed by atoms with Gasteiger partial charge in [0.05, 0.1) is 6.10 Å². The fourth-order valence-electron chi connectivity index (χ4n) is 2.35. The first-order chi connectivity index (χ1) is 13.2. The molecule has 1 amide bonds. The largest absolute Gasteiger partial charge is 0.491 e. The van der Waals surface area contributed by atoms with E-state index < -0.39 is 12.1 Å². The maximum Gasteiger partial charge on any atom is 0.471 e. The Hall–Kier alpha value is -3.36. The van der Waals surface area contributed by atoms with Crippen LogP contribution in [0.4, 0.5) is 18.9 Å². The number of hydrogen-bond acceptors (Lipinski definition) is 5. The summed E-state index contributed by atoms with van der Waals surface area (Å²) in [6.45, 7) is 3.79. The molecule has 0 atom stereocenters. The summed E-state index contributed by atoms with van der Waals surface area (Å²) in [5, 5.41) is 6.05. The standard InChI is InChI=1S/C19H16F3N3O3/c1-11(2)27-15-5-3-4-14(10-15)23-17(26)13-8-6-12(7-9-13)16-24-18(28-25-16)19(20,21)22/h3-11H,1-2H3,(H,23,26). The van der Waals surface area contributed by atoms with Gasteiger partial charge in [0.1, 0.15) is 5.75 Å². The predicted molar refractivity (Wildman–Crippen MR) is 94.9 cm³/mol. The molecule has 0 aliphatic rings. The summed E-state index contributed by atoms with van der Waals surface area (Å²) in [7, 11) is 0. The minimum absolute atomic E-state index is 0.00139. The van der Waals surface area contributed by atoms with E-state index >= 15 is 0 Å². The van der Waals surface area contributed by atoms with Crippen LogP contribution in [0.25, 0.3) is 11.4 Å². The number of rotatable bonds is 5. The van der Waals surface area contributed by atoms with Crippen molar-refractivity contribution in [3.63, 3.8) is 0 Å². The Morgan fingerprint density at radius 1 is 1.14 bits per heavy atom. The molecule has 9 heteroatoms. The van der Waals surface area contributed by atoms with Crippen LogP contribution in [0, 0.1) is 0 Å². The molecule has 3 aromatic rings. The number of benzene rings is 2. The number of aromatic nitrogens is 2. The number of carbonyl (C=O) groups excluding carboxylic acids is 1. The highest BCUT2D eigenvalue weighted by atomic mass is 19.4. The second-order valence-corrected chi connectivity index (χ2v) is 6.15. The Morgan fingerprint density at radius 3 is 2.46 bits per heavy atom. The monoisotopic (exact) mass is 391 g/mol. The molecule has 1 heterocycles. The summed E-state index contributed by atoms with van der Waals surface area (Å²) in [4.78, 5) is 15.7. The molecule has 28 heavy (non-hydrogen) atoms. The summed E-state index contributed by atoms with van der Waals surface area (Å²) < 4.78 is 47.4. The first-order valence-electron chi connectivity index (χ1n) is 8.32. The molecule has 0 radical (unpaired) electrons. The molecule has 0 aliphatic heterocycles. The van der Waals surface area contributed by atoms with Gasteiger partial charge < -0.3 is 14.6 Å². The molecular formula is C19H16F3N3O3. The first kappa shape index (κ1) is 19.4. The van der Waals surface area contributed by atoms with E-state index in [2.05, 4.69) is 20.0 Å². The average Bonchev–Trinajstić information content (AvgIpc) is 3.12. The van der Waals surface area contributed by atoms with Gasteiger partial charge in [0.25, 0.3) is 5.91 Å². The Balaban J connectivity index is 1.71. The SMILES string of the molecule is CC(C)Oc1cccc(NC(=O)c2ccc(-c3noc(C(F)(F)F)n3)cc2)c1. The van der Waals surface area contributed by atoms with Crippen molar-refractivity contribution in [1.29, 1.82) is 0 Å². The van der Waals surface area contributed by atoms with Crippen molar-refractivity contribution in [2.24, 2.45) is 0 Å². The van der Waals surface area contributed by atoms with Crippen LogP contribution < -0.4 is 10.1 Å². The number of amides is 1. The fourth-order valence-corrected chi connectivity index (χ4v) is 2.35. The van der Waals surface area contributed by atoms with Crippen LogP contribution in [-0.4, -0.2) is 22.2 Å². The summed E-state index contributed by atoms with van der Waals surface area (Å²) in [6, 6.07) is 12.8. The van der Waals surface area contributed by atoms with Gasteiger partial charge in [-0.2, -0.15) is 18.2 Å². The van der Waals surface area contributed by atoms with E-state index in [1.807, 2.05) is 13.8 Å². The van der Waals surface area contributed by atoms with Gasteiger partial charge in [-0.25, -0.2) is 0 Å². The summed E-state index contributed by atoms with van der Waals surface area (Å²) in [5.41, 5.74) is 1.17. The minimum atomic E-state index is -4.71. The number of nitrogens with one attached hydrogen (secondary N) is 1. The van der Waals surface area contributed by atoms with E-state index in [4.69, 9.17) is 4.74 Å². The Bertz CT molecular complexity index is 966. The van der Waals surface area contributed by atoms with E-state index in [0.717, 1.165) is 0 Å². The van der Waals surface area contributed by atoms with Crippen molar-refractivity contribution in [3.05, 3.63) is 60.0 Å². The zero-order valence-electron chi connectivity index (χ0n) is 14.9. The van der Waals surface area contributed by atoms with Gasteiger partial charge in [0, 0.05) is 22.9 Å². The Morgan fingerprint density at radius 2 is 1.86 bits per heavy atom. The number of anilines is 1. The zero-order chi connectivity index (χ0) is 20.3. The molecule has 146 valence electrons. The number of alkyl halides is 3. The van der Waals surface area contributed by atoms with Crippen molar-refractivity contribution in [2.75, 3.05) is 5.32 Å². The first-order valence-corrected chi connectivity index (χ1v) is 8.32. The summed E-state index contributed by atoms with van der Waals surface area (Å²) in [5.74, 6) is -1.39. The lowest BCUT2D eigenvalue weighted by Crippen LogP contribution is -2.12. The van der Waals surface area contributed by atoms with Gasteiger partial charge in [0.2, 0.25) is 5.82 Å². The molecule has 0 unspecified atom stereocenters. The number of hydrogen-bond donors (Lipinski definition) is 1. The van der Waals surface area contributed by atoms with Gasteiger partial charge in [-0.15, -0.1) is 0 Å². The van der Waals surface area contributed by atoms with Crippen LogP contribution in [0.15, 0.2) is 53.1 Å². The second-order valence-electron chi connectivity index (χ2n) is 6.15. The molecule has 3 rings (SSSR count). The molecule has 0 saturated heterocycles. The van der Waals surface area contributed by atoms with Crippen LogP contribution in [0.1, 0.15) is 30.1 Å². The smallest absolute Gasteiger partial charge is 0.471 e. The highest BCUT2D eigenvalue weighted by molar-refractivity contribution is 6.04. The predicted octanol–water partition coefficient (Wildman–Crippen LogP) is 4.79. The number of carbonyl (C=O) groups is 1. The minimum Gasteiger partial charge on any atom is -0.491 e. The summed E-state index contributed by atoms with van der Waals surface area (Å²) in [6.07, 6.45) is -4.71. The normalized spacial score (nSPS) is 11.5. The third-order valence-corrected chi connectivity index (χ3v) is 3.54. The molecule has 0 saturated carbocycles. The highest BCUT2D eigenvalue weighted by Crippen LogP contribution is 2.29. The van der Waals surface area contributed by atoms with Crippen molar-refractivity contribution in [1.82, 2.24) is 10.1 Å². The Kier molecular flexibility index (Phi) is 5.34. The van der Waals surface area contributed by atoms with Crippen molar-refractivity contribution >= 4 is 11.6 Å². The molecule has 0 bridgehead atoms. The molecule has 0 aliphatic carbocycles. The molecule has 6 nitrogen and oxygen atoms in total.